The maximum atomic E-state index is 12.5. The van der Waals surface area contributed by atoms with E-state index in [9.17, 15) is 14.4 Å². The summed E-state index contributed by atoms with van der Waals surface area (Å²) in [5.41, 5.74) is 1.76. The van der Waals surface area contributed by atoms with Gasteiger partial charge in [-0.2, -0.15) is 0 Å². The predicted molar refractivity (Wildman–Crippen MR) is 91.7 cm³/mol. The van der Waals surface area contributed by atoms with Gasteiger partial charge < -0.3 is 10.1 Å². The van der Waals surface area contributed by atoms with Crippen molar-refractivity contribution in [2.24, 2.45) is 0 Å². The highest BCUT2D eigenvalue weighted by Gasteiger charge is 2.27. The second-order valence-corrected chi connectivity index (χ2v) is 5.74. The molecule has 0 bridgehead atoms. The van der Waals surface area contributed by atoms with Crippen LogP contribution in [0.4, 0.5) is 0 Å². The van der Waals surface area contributed by atoms with Crippen molar-refractivity contribution in [2.75, 3.05) is 6.61 Å². The molecule has 1 aliphatic heterocycles. The van der Waals surface area contributed by atoms with Crippen molar-refractivity contribution >= 4 is 17.7 Å². The standard InChI is InChI=1S/C19H18N2O4/c1-3-25-14-6-4-5-12(9-14)11(2)20-17(22)13-7-8-15-16(10-13)19(24)21-18(15)23/h4-11H,3H2,1-2H3,(H,20,22)(H,21,23,24). The van der Waals surface area contributed by atoms with Gasteiger partial charge >= 0.3 is 0 Å². The van der Waals surface area contributed by atoms with E-state index in [0.717, 1.165) is 11.3 Å². The Balaban J connectivity index is 1.76. The molecule has 0 saturated heterocycles. The van der Waals surface area contributed by atoms with Crippen molar-refractivity contribution in [3.63, 3.8) is 0 Å². The number of hydrogen-bond acceptors (Lipinski definition) is 4. The van der Waals surface area contributed by atoms with Crippen molar-refractivity contribution in [3.8, 4) is 5.75 Å². The first-order valence-electron chi connectivity index (χ1n) is 8.03. The topological polar surface area (TPSA) is 84.5 Å². The normalized spacial score (nSPS) is 13.8. The largest absolute Gasteiger partial charge is 0.494 e. The minimum absolute atomic E-state index is 0.226. The highest BCUT2D eigenvalue weighted by Crippen LogP contribution is 2.21. The summed E-state index contributed by atoms with van der Waals surface area (Å²) in [4.78, 5) is 35.7. The Bertz CT molecular complexity index is 860. The summed E-state index contributed by atoms with van der Waals surface area (Å²) < 4.78 is 5.47. The highest BCUT2D eigenvalue weighted by molar-refractivity contribution is 6.22. The monoisotopic (exact) mass is 338 g/mol. The molecule has 1 atom stereocenters. The van der Waals surface area contributed by atoms with Gasteiger partial charge in [-0.3, -0.25) is 19.7 Å². The predicted octanol–water partition coefficient (Wildman–Crippen LogP) is 2.46. The third-order valence-corrected chi connectivity index (χ3v) is 4.01. The molecule has 1 heterocycles. The molecule has 3 amide bonds. The van der Waals surface area contributed by atoms with Gasteiger partial charge in [-0.05, 0) is 49.7 Å². The van der Waals surface area contributed by atoms with Gasteiger partial charge in [0.1, 0.15) is 5.75 Å². The molecule has 0 aromatic heterocycles. The van der Waals surface area contributed by atoms with Gasteiger partial charge in [0, 0.05) is 5.56 Å². The van der Waals surface area contributed by atoms with Gasteiger partial charge in [0.25, 0.3) is 17.7 Å². The zero-order valence-electron chi connectivity index (χ0n) is 14.0. The van der Waals surface area contributed by atoms with Crippen LogP contribution in [0.1, 0.15) is 56.5 Å². The van der Waals surface area contributed by atoms with Crippen LogP contribution >= 0.6 is 0 Å². The van der Waals surface area contributed by atoms with E-state index in [1.807, 2.05) is 38.1 Å². The van der Waals surface area contributed by atoms with Gasteiger partial charge in [-0.1, -0.05) is 12.1 Å². The summed E-state index contributed by atoms with van der Waals surface area (Å²) in [7, 11) is 0. The van der Waals surface area contributed by atoms with E-state index in [2.05, 4.69) is 10.6 Å². The fourth-order valence-electron chi connectivity index (χ4n) is 2.71. The molecule has 0 aliphatic carbocycles. The van der Waals surface area contributed by atoms with Crippen LogP contribution in [0.3, 0.4) is 0 Å². The molecule has 2 aromatic carbocycles. The van der Waals surface area contributed by atoms with E-state index < -0.39 is 11.8 Å². The molecule has 1 aliphatic rings. The van der Waals surface area contributed by atoms with Crippen LogP contribution in [0.25, 0.3) is 0 Å². The molecular weight excluding hydrogens is 320 g/mol. The molecular formula is C19H18N2O4. The fraction of sp³-hybridized carbons (Fsp3) is 0.211. The lowest BCUT2D eigenvalue weighted by atomic mass is 10.0. The smallest absolute Gasteiger partial charge is 0.258 e. The van der Waals surface area contributed by atoms with Gasteiger partial charge in [-0.25, -0.2) is 0 Å². The first-order valence-corrected chi connectivity index (χ1v) is 8.03. The number of hydrogen-bond donors (Lipinski definition) is 2. The van der Waals surface area contributed by atoms with Crippen molar-refractivity contribution < 1.29 is 19.1 Å². The van der Waals surface area contributed by atoms with Gasteiger partial charge in [-0.15, -0.1) is 0 Å². The van der Waals surface area contributed by atoms with Crippen LogP contribution in [0, 0.1) is 0 Å². The molecule has 6 nitrogen and oxygen atoms in total. The van der Waals surface area contributed by atoms with Gasteiger partial charge in [0.05, 0.1) is 23.8 Å². The number of imide groups is 1. The number of amides is 3. The molecule has 2 aromatic rings. The molecule has 0 fully saturated rings. The average molecular weight is 338 g/mol. The van der Waals surface area contributed by atoms with Crippen molar-refractivity contribution in [3.05, 3.63) is 64.7 Å². The molecule has 0 spiro atoms. The Morgan fingerprint density at radius 1 is 1.12 bits per heavy atom. The Kier molecular flexibility index (Phi) is 4.52. The first-order chi connectivity index (χ1) is 12.0. The SMILES string of the molecule is CCOc1cccc(C(C)NC(=O)c2ccc3c(c2)C(=O)NC3=O)c1. The molecule has 0 saturated carbocycles. The summed E-state index contributed by atoms with van der Waals surface area (Å²) in [6, 6.07) is 11.7. The number of carbonyl (C=O) groups excluding carboxylic acids is 3. The molecule has 1 unspecified atom stereocenters. The average Bonchev–Trinajstić information content (AvgIpc) is 2.89. The number of ether oxygens (including phenoxy) is 1. The fourth-order valence-corrected chi connectivity index (χ4v) is 2.71. The molecule has 6 heteroatoms. The van der Waals surface area contributed by atoms with Crippen LogP contribution < -0.4 is 15.4 Å². The third kappa shape index (κ3) is 3.38. The van der Waals surface area contributed by atoms with Crippen LogP contribution in [-0.4, -0.2) is 24.3 Å². The number of fused-ring (bicyclic) bond motifs is 1. The minimum atomic E-state index is -0.480. The van der Waals surface area contributed by atoms with Crippen molar-refractivity contribution in [1.82, 2.24) is 10.6 Å². The maximum Gasteiger partial charge on any atom is 0.258 e. The Labute approximate surface area is 145 Å². The van der Waals surface area contributed by atoms with E-state index in [-0.39, 0.29) is 17.5 Å². The van der Waals surface area contributed by atoms with E-state index in [4.69, 9.17) is 4.74 Å². The zero-order valence-corrected chi connectivity index (χ0v) is 14.0. The lowest BCUT2D eigenvalue weighted by Crippen LogP contribution is -2.26. The molecule has 2 N–H and O–H groups in total. The van der Waals surface area contributed by atoms with Gasteiger partial charge in [0.15, 0.2) is 0 Å². The number of benzene rings is 2. The van der Waals surface area contributed by atoms with Gasteiger partial charge in [0.2, 0.25) is 0 Å². The molecule has 128 valence electrons. The third-order valence-electron chi connectivity index (χ3n) is 4.01. The summed E-state index contributed by atoms with van der Waals surface area (Å²) in [6.45, 7) is 4.35. The van der Waals surface area contributed by atoms with Crippen LogP contribution in [0.2, 0.25) is 0 Å². The second-order valence-electron chi connectivity index (χ2n) is 5.74. The summed E-state index contributed by atoms with van der Waals surface area (Å²) in [5.74, 6) is -0.488. The summed E-state index contributed by atoms with van der Waals surface area (Å²) >= 11 is 0. The van der Waals surface area contributed by atoms with E-state index >= 15 is 0 Å². The van der Waals surface area contributed by atoms with Crippen molar-refractivity contribution in [1.29, 1.82) is 0 Å². The van der Waals surface area contributed by atoms with Crippen LogP contribution in [-0.2, 0) is 0 Å². The Hall–Kier alpha value is -3.15. The van der Waals surface area contributed by atoms with Crippen LogP contribution in [0.15, 0.2) is 42.5 Å². The quantitative estimate of drug-likeness (QED) is 0.820. The number of nitrogens with one attached hydrogen (secondary N) is 2. The summed E-state index contributed by atoms with van der Waals surface area (Å²) in [5, 5.41) is 5.10. The van der Waals surface area contributed by atoms with E-state index in [1.165, 1.54) is 18.2 Å². The van der Waals surface area contributed by atoms with E-state index in [0.29, 0.717) is 17.7 Å². The van der Waals surface area contributed by atoms with Crippen molar-refractivity contribution in [2.45, 2.75) is 19.9 Å². The second kappa shape index (κ2) is 6.76. The number of carbonyl (C=O) groups is 3. The Morgan fingerprint density at radius 3 is 2.64 bits per heavy atom. The minimum Gasteiger partial charge on any atom is -0.494 e. The molecule has 3 rings (SSSR count). The molecule has 25 heavy (non-hydrogen) atoms. The first kappa shape index (κ1) is 16.7. The number of rotatable bonds is 5. The highest BCUT2D eigenvalue weighted by atomic mass is 16.5. The van der Waals surface area contributed by atoms with E-state index in [1.54, 1.807) is 0 Å². The van der Waals surface area contributed by atoms with Crippen LogP contribution in [0.5, 0.6) is 5.75 Å². The lowest BCUT2D eigenvalue weighted by Gasteiger charge is -2.15. The lowest BCUT2D eigenvalue weighted by molar-refractivity contribution is 0.0878. The summed E-state index contributed by atoms with van der Waals surface area (Å²) in [6.07, 6.45) is 0. The molecule has 0 radical (unpaired) electrons. The zero-order chi connectivity index (χ0) is 18.0. The Morgan fingerprint density at radius 2 is 1.88 bits per heavy atom. The maximum absolute atomic E-state index is 12.5.